The molecule has 0 atom stereocenters. The van der Waals surface area contributed by atoms with Crippen molar-refractivity contribution in [3.05, 3.63) is 18.0 Å². The van der Waals surface area contributed by atoms with Gasteiger partial charge in [-0.2, -0.15) is 10.2 Å². The Morgan fingerprint density at radius 1 is 1.10 bits per heavy atom. The van der Waals surface area contributed by atoms with Crippen LogP contribution in [0.3, 0.4) is 0 Å². The second-order valence-corrected chi connectivity index (χ2v) is 6.89. The van der Waals surface area contributed by atoms with Gasteiger partial charge in [0.2, 0.25) is 0 Å². The van der Waals surface area contributed by atoms with Crippen molar-refractivity contribution in [1.29, 1.82) is 0 Å². The first-order chi connectivity index (χ1) is 9.89. The number of hydrogen-bond acceptors (Lipinski definition) is 5. The maximum atomic E-state index is 6.08. The molecule has 0 spiro atoms. The van der Waals surface area contributed by atoms with Crippen LogP contribution in [-0.4, -0.2) is 41.7 Å². The first-order valence-corrected chi connectivity index (χ1v) is 7.65. The van der Waals surface area contributed by atoms with Gasteiger partial charge in [-0.25, -0.2) is 0 Å². The lowest BCUT2D eigenvalue weighted by molar-refractivity contribution is 0.00578. The summed E-state index contributed by atoms with van der Waals surface area (Å²) in [6.45, 7) is 9.82. The summed E-state index contributed by atoms with van der Waals surface area (Å²) in [6, 6.07) is 2.07. The van der Waals surface area contributed by atoms with Gasteiger partial charge in [0.1, 0.15) is 0 Å². The molecular weight excluding hydrogens is 267 g/mol. The summed E-state index contributed by atoms with van der Waals surface area (Å²) in [5, 5.41) is 8.44. The number of aromatic nitrogens is 2. The highest BCUT2D eigenvalue weighted by atomic mass is 16.7. The Kier molecular flexibility index (Phi) is 3.80. The number of rotatable bonds is 2. The first-order valence-electron chi connectivity index (χ1n) is 7.65. The summed E-state index contributed by atoms with van der Waals surface area (Å²) in [4.78, 5) is 0. The van der Waals surface area contributed by atoms with E-state index in [0.29, 0.717) is 5.92 Å². The van der Waals surface area contributed by atoms with E-state index in [0.717, 1.165) is 37.2 Å². The van der Waals surface area contributed by atoms with Crippen molar-refractivity contribution in [2.45, 2.75) is 57.7 Å². The fourth-order valence-corrected chi connectivity index (χ4v) is 2.70. The van der Waals surface area contributed by atoms with Gasteiger partial charge >= 0.3 is 7.12 Å². The monoisotopic (exact) mass is 290 g/mol. The minimum Gasteiger partial charge on any atom is -0.399 e. The Hall–Kier alpha value is -0.975. The molecule has 3 rings (SSSR count). The van der Waals surface area contributed by atoms with Crippen molar-refractivity contribution in [1.82, 2.24) is 10.2 Å². The van der Waals surface area contributed by atoms with Crippen LogP contribution in [0, 0.1) is 0 Å². The summed E-state index contributed by atoms with van der Waals surface area (Å²) in [7, 11) is -0.371. The third-order valence-electron chi connectivity index (χ3n) is 4.86. The standard InChI is InChI=1S/C15H23BN2O3/c1-14(2)15(3,4)21-16(20-14)12-9-13(18-17-10-12)11-5-7-19-8-6-11/h9-11H,5-8H2,1-4H3. The zero-order valence-corrected chi connectivity index (χ0v) is 13.3. The zero-order chi connectivity index (χ0) is 15.1. The zero-order valence-electron chi connectivity index (χ0n) is 13.3. The molecule has 0 aliphatic carbocycles. The van der Waals surface area contributed by atoms with Gasteiger partial charge in [0.25, 0.3) is 0 Å². The molecule has 2 aliphatic heterocycles. The lowest BCUT2D eigenvalue weighted by atomic mass is 9.79. The molecule has 6 heteroatoms. The summed E-state index contributed by atoms with van der Waals surface area (Å²) in [6.07, 6.45) is 3.74. The minimum atomic E-state index is -0.371. The van der Waals surface area contributed by atoms with E-state index in [2.05, 4.69) is 44.0 Å². The lowest BCUT2D eigenvalue weighted by Crippen LogP contribution is -2.41. The summed E-state index contributed by atoms with van der Waals surface area (Å²) < 4.78 is 17.6. The van der Waals surface area contributed by atoms with E-state index in [-0.39, 0.29) is 18.3 Å². The highest BCUT2D eigenvalue weighted by Crippen LogP contribution is 2.36. The van der Waals surface area contributed by atoms with Crippen LogP contribution in [-0.2, 0) is 14.0 Å². The van der Waals surface area contributed by atoms with Crippen molar-refractivity contribution in [2.75, 3.05) is 13.2 Å². The molecule has 0 bridgehead atoms. The van der Waals surface area contributed by atoms with Gasteiger partial charge in [-0.3, -0.25) is 0 Å². The number of hydrogen-bond donors (Lipinski definition) is 0. The predicted molar refractivity (Wildman–Crippen MR) is 80.5 cm³/mol. The maximum Gasteiger partial charge on any atom is 0.496 e. The molecule has 2 saturated heterocycles. The first kappa shape index (κ1) is 14.9. The van der Waals surface area contributed by atoms with Crippen LogP contribution in [0.25, 0.3) is 0 Å². The second-order valence-electron chi connectivity index (χ2n) is 6.89. The molecular formula is C15H23BN2O3. The SMILES string of the molecule is CC1(C)OB(c2cnnc(C3CCOCC3)c2)OC1(C)C. The molecule has 0 unspecified atom stereocenters. The van der Waals surface area contributed by atoms with E-state index >= 15 is 0 Å². The Morgan fingerprint density at radius 2 is 1.71 bits per heavy atom. The van der Waals surface area contributed by atoms with Gasteiger partial charge < -0.3 is 14.0 Å². The van der Waals surface area contributed by atoms with E-state index < -0.39 is 0 Å². The van der Waals surface area contributed by atoms with Gasteiger partial charge in [0.05, 0.1) is 16.9 Å². The van der Waals surface area contributed by atoms with Crippen molar-refractivity contribution in [2.24, 2.45) is 0 Å². The molecule has 0 N–H and O–H groups in total. The highest BCUT2D eigenvalue weighted by molar-refractivity contribution is 6.62. The normalized spacial score (nSPS) is 25.2. The van der Waals surface area contributed by atoms with Crippen LogP contribution in [0.4, 0.5) is 0 Å². The smallest absolute Gasteiger partial charge is 0.399 e. The van der Waals surface area contributed by atoms with Crippen LogP contribution in [0.5, 0.6) is 0 Å². The molecule has 5 nitrogen and oxygen atoms in total. The quantitative estimate of drug-likeness (QED) is 0.776. The second kappa shape index (κ2) is 5.34. The van der Waals surface area contributed by atoms with E-state index in [9.17, 15) is 0 Å². The van der Waals surface area contributed by atoms with Crippen molar-refractivity contribution >= 4 is 12.6 Å². The molecule has 1 aromatic rings. The Balaban J connectivity index is 1.81. The molecule has 1 aromatic heterocycles. The molecule has 114 valence electrons. The molecule has 2 aliphatic rings. The summed E-state index contributed by atoms with van der Waals surface area (Å²) in [5.74, 6) is 0.425. The van der Waals surface area contributed by atoms with Crippen LogP contribution in [0.2, 0.25) is 0 Å². The van der Waals surface area contributed by atoms with E-state index in [1.54, 1.807) is 6.20 Å². The van der Waals surface area contributed by atoms with Crippen molar-refractivity contribution in [3.8, 4) is 0 Å². The average molecular weight is 290 g/mol. The topological polar surface area (TPSA) is 53.5 Å². The van der Waals surface area contributed by atoms with Gasteiger partial charge in [-0.15, -0.1) is 0 Å². The largest absolute Gasteiger partial charge is 0.496 e. The van der Waals surface area contributed by atoms with Crippen molar-refractivity contribution in [3.63, 3.8) is 0 Å². The minimum absolute atomic E-state index is 0.334. The van der Waals surface area contributed by atoms with E-state index in [4.69, 9.17) is 14.0 Å². The average Bonchev–Trinajstić information content (AvgIpc) is 2.69. The molecule has 0 saturated carbocycles. The van der Waals surface area contributed by atoms with Gasteiger partial charge in [-0.05, 0) is 46.6 Å². The molecule has 2 fully saturated rings. The predicted octanol–water partition coefficient (Wildman–Crippen LogP) is 1.67. The van der Waals surface area contributed by atoms with E-state index in [1.165, 1.54) is 0 Å². The van der Waals surface area contributed by atoms with Gasteiger partial charge in [0, 0.05) is 30.8 Å². The summed E-state index contributed by atoms with van der Waals surface area (Å²) >= 11 is 0. The molecule has 0 aromatic carbocycles. The Morgan fingerprint density at radius 3 is 2.33 bits per heavy atom. The van der Waals surface area contributed by atoms with Crippen LogP contribution >= 0.6 is 0 Å². The highest BCUT2D eigenvalue weighted by Gasteiger charge is 2.51. The van der Waals surface area contributed by atoms with Crippen LogP contribution in [0.15, 0.2) is 12.3 Å². The van der Waals surface area contributed by atoms with Crippen molar-refractivity contribution < 1.29 is 14.0 Å². The fourth-order valence-electron chi connectivity index (χ4n) is 2.70. The molecule has 21 heavy (non-hydrogen) atoms. The molecule has 3 heterocycles. The Labute approximate surface area is 126 Å². The lowest BCUT2D eigenvalue weighted by Gasteiger charge is -2.32. The molecule has 0 radical (unpaired) electrons. The van der Waals surface area contributed by atoms with Gasteiger partial charge in [0.15, 0.2) is 0 Å². The van der Waals surface area contributed by atoms with E-state index in [1.807, 2.05) is 0 Å². The van der Waals surface area contributed by atoms with Crippen LogP contribution in [0.1, 0.15) is 52.1 Å². The summed E-state index contributed by atoms with van der Waals surface area (Å²) in [5.41, 5.74) is 1.30. The number of nitrogens with zero attached hydrogens (tertiary/aromatic N) is 2. The third-order valence-corrected chi connectivity index (χ3v) is 4.86. The maximum absolute atomic E-state index is 6.08. The Bertz CT molecular complexity index is 499. The molecule has 0 amide bonds. The van der Waals surface area contributed by atoms with Crippen LogP contribution < -0.4 is 5.46 Å². The van der Waals surface area contributed by atoms with Gasteiger partial charge in [-0.1, -0.05) is 0 Å². The number of ether oxygens (including phenoxy) is 1. The third kappa shape index (κ3) is 2.85. The fraction of sp³-hybridized carbons (Fsp3) is 0.733.